The molecule has 0 amide bonds. The Labute approximate surface area is 192 Å². The van der Waals surface area contributed by atoms with Crippen LogP contribution >= 0.6 is 0 Å². The average Bonchev–Trinajstić information content (AvgIpc) is 2.85. The molecule has 0 bridgehead atoms. The molecule has 3 heterocycles. The van der Waals surface area contributed by atoms with E-state index in [0.29, 0.717) is 31.4 Å². The number of ether oxygens (including phenoxy) is 1. The van der Waals surface area contributed by atoms with Crippen molar-refractivity contribution in [3.63, 3.8) is 0 Å². The van der Waals surface area contributed by atoms with Crippen LogP contribution in [0, 0.1) is 13.8 Å². The van der Waals surface area contributed by atoms with Crippen LogP contribution in [0.15, 0.2) is 83.9 Å². The Kier molecular flexibility index (Phi) is 5.62. The highest BCUT2D eigenvalue weighted by atomic mass is 16.5. The van der Waals surface area contributed by atoms with E-state index in [1.165, 1.54) is 0 Å². The highest BCUT2D eigenvalue weighted by molar-refractivity contribution is 5.59. The van der Waals surface area contributed by atoms with Crippen LogP contribution in [-0.4, -0.2) is 26.1 Å². The Morgan fingerprint density at radius 1 is 0.909 bits per heavy atom. The van der Waals surface area contributed by atoms with Crippen LogP contribution in [0.4, 0.5) is 11.6 Å². The van der Waals surface area contributed by atoms with Gasteiger partial charge in [0, 0.05) is 35.9 Å². The van der Waals surface area contributed by atoms with Gasteiger partial charge in [0.2, 0.25) is 5.95 Å². The SMILES string of the molecule is Cc1nc2n(c(=O)c1C)CN(Cc1cccnc1)CN2c1ccc(Oc2ccccc2)cc1. The Balaban J connectivity index is 1.48. The number of rotatable bonds is 5. The maximum atomic E-state index is 13.1. The minimum absolute atomic E-state index is 0.0117. The van der Waals surface area contributed by atoms with E-state index < -0.39 is 0 Å². The summed E-state index contributed by atoms with van der Waals surface area (Å²) in [6.07, 6.45) is 3.62. The molecule has 0 saturated carbocycles. The molecule has 33 heavy (non-hydrogen) atoms. The lowest BCUT2D eigenvalue weighted by Crippen LogP contribution is -2.47. The van der Waals surface area contributed by atoms with Crippen molar-refractivity contribution in [2.75, 3.05) is 11.6 Å². The van der Waals surface area contributed by atoms with Crippen LogP contribution in [-0.2, 0) is 13.2 Å². The Morgan fingerprint density at radius 2 is 1.67 bits per heavy atom. The molecular formula is C26H25N5O2. The summed E-state index contributed by atoms with van der Waals surface area (Å²) in [7, 11) is 0. The third-order valence-corrected chi connectivity index (χ3v) is 5.80. The van der Waals surface area contributed by atoms with Gasteiger partial charge in [-0.2, -0.15) is 0 Å². The number of nitrogens with zero attached hydrogens (tertiary/aromatic N) is 5. The molecule has 0 saturated heterocycles. The minimum atomic E-state index is -0.0117. The molecule has 4 aromatic rings. The predicted octanol–water partition coefficient (Wildman–Crippen LogP) is 4.62. The third kappa shape index (κ3) is 4.36. The summed E-state index contributed by atoms with van der Waals surface area (Å²) in [5.41, 5.74) is 3.45. The Hall–Kier alpha value is -3.97. The number of hydrogen-bond acceptors (Lipinski definition) is 6. The Bertz CT molecular complexity index is 1300. The van der Waals surface area contributed by atoms with Crippen LogP contribution in [0.3, 0.4) is 0 Å². The van der Waals surface area contributed by atoms with E-state index in [2.05, 4.69) is 14.8 Å². The van der Waals surface area contributed by atoms with E-state index in [4.69, 9.17) is 9.72 Å². The van der Waals surface area contributed by atoms with Gasteiger partial charge in [0.1, 0.15) is 11.5 Å². The van der Waals surface area contributed by atoms with Crippen LogP contribution in [0.25, 0.3) is 0 Å². The Morgan fingerprint density at radius 3 is 2.39 bits per heavy atom. The second-order valence-corrected chi connectivity index (χ2v) is 8.17. The topological polar surface area (TPSA) is 63.5 Å². The molecular weight excluding hydrogens is 414 g/mol. The van der Waals surface area contributed by atoms with Crippen LogP contribution in [0.1, 0.15) is 16.8 Å². The van der Waals surface area contributed by atoms with Crippen molar-refractivity contribution in [2.45, 2.75) is 27.1 Å². The number of benzene rings is 2. The zero-order valence-corrected chi connectivity index (χ0v) is 18.7. The lowest BCUT2D eigenvalue weighted by Gasteiger charge is -2.38. The maximum absolute atomic E-state index is 13.1. The molecule has 7 nitrogen and oxygen atoms in total. The monoisotopic (exact) mass is 439 g/mol. The van der Waals surface area contributed by atoms with Crippen molar-refractivity contribution < 1.29 is 4.74 Å². The first-order chi connectivity index (χ1) is 16.1. The molecule has 2 aromatic carbocycles. The van der Waals surface area contributed by atoms with Gasteiger partial charge < -0.3 is 4.74 Å². The van der Waals surface area contributed by atoms with E-state index in [0.717, 1.165) is 28.4 Å². The summed E-state index contributed by atoms with van der Waals surface area (Å²) in [5, 5.41) is 0. The first kappa shape index (κ1) is 20.9. The quantitative estimate of drug-likeness (QED) is 0.452. The summed E-state index contributed by atoms with van der Waals surface area (Å²) in [5.74, 6) is 2.19. The number of hydrogen-bond donors (Lipinski definition) is 0. The molecule has 0 fully saturated rings. The van der Waals surface area contributed by atoms with E-state index in [9.17, 15) is 4.79 Å². The van der Waals surface area contributed by atoms with E-state index in [1.807, 2.05) is 86.8 Å². The lowest BCUT2D eigenvalue weighted by molar-refractivity contribution is 0.189. The van der Waals surface area contributed by atoms with Crippen molar-refractivity contribution in [3.05, 3.63) is 106 Å². The van der Waals surface area contributed by atoms with Crippen molar-refractivity contribution in [1.29, 1.82) is 0 Å². The number of pyridine rings is 1. The van der Waals surface area contributed by atoms with Gasteiger partial charge in [0.05, 0.1) is 13.3 Å². The lowest BCUT2D eigenvalue weighted by atomic mass is 10.2. The second-order valence-electron chi connectivity index (χ2n) is 8.17. The number of anilines is 2. The van der Waals surface area contributed by atoms with E-state index in [1.54, 1.807) is 10.8 Å². The third-order valence-electron chi connectivity index (χ3n) is 5.80. The number of fused-ring (bicyclic) bond motifs is 1. The fourth-order valence-electron chi connectivity index (χ4n) is 3.95. The highest BCUT2D eigenvalue weighted by Crippen LogP contribution is 2.30. The second kappa shape index (κ2) is 8.88. The first-order valence-corrected chi connectivity index (χ1v) is 10.9. The van der Waals surface area contributed by atoms with Crippen molar-refractivity contribution >= 4 is 11.6 Å². The standard InChI is InChI=1S/C26H25N5O2/c1-19-20(2)28-26-30(22-10-12-24(13-11-22)33-23-8-4-3-5-9-23)17-29(18-31(26)25(19)32)16-21-7-6-14-27-15-21/h3-15H,16-18H2,1-2H3. The highest BCUT2D eigenvalue weighted by Gasteiger charge is 2.27. The van der Waals surface area contributed by atoms with Crippen molar-refractivity contribution in [2.24, 2.45) is 0 Å². The molecule has 0 atom stereocenters. The molecule has 1 aliphatic heterocycles. The number of para-hydroxylation sites is 1. The maximum Gasteiger partial charge on any atom is 0.259 e. The normalized spacial score (nSPS) is 13.6. The predicted molar refractivity (Wildman–Crippen MR) is 128 cm³/mol. The van der Waals surface area contributed by atoms with E-state index in [-0.39, 0.29) is 5.56 Å². The summed E-state index contributed by atoms with van der Waals surface area (Å²) in [6, 6.07) is 21.5. The molecule has 0 radical (unpaired) electrons. The van der Waals surface area contributed by atoms with Crippen LogP contribution in [0.5, 0.6) is 11.5 Å². The van der Waals surface area contributed by atoms with Gasteiger partial charge in [-0.25, -0.2) is 4.98 Å². The molecule has 7 heteroatoms. The molecule has 2 aromatic heterocycles. The minimum Gasteiger partial charge on any atom is -0.457 e. The van der Waals surface area contributed by atoms with E-state index >= 15 is 0 Å². The zero-order valence-electron chi connectivity index (χ0n) is 18.7. The smallest absolute Gasteiger partial charge is 0.259 e. The average molecular weight is 440 g/mol. The van der Waals surface area contributed by atoms with Gasteiger partial charge in [0.15, 0.2) is 0 Å². The fraction of sp³-hybridized carbons (Fsp3) is 0.192. The summed E-state index contributed by atoms with van der Waals surface area (Å²) in [4.78, 5) is 26.4. The fourth-order valence-corrected chi connectivity index (χ4v) is 3.95. The van der Waals surface area contributed by atoms with Gasteiger partial charge in [-0.05, 0) is 61.9 Å². The largest absolute Gasteiger partial charge is 0.457 e. The van der Waals surface area contributed by atoms with Gasteiger partial charge >= 0.3 is 0 Å². The molecule has 5 rings (SSSR count). The molecule has 166 valence electrons. The van der Waals surface area contributed by atoms with Crippen molar-refractivity contribution in [3.8, 4) is 11.5 Å². The van der Waals surface area contributed by atoms with Crippen LogP contribution < -0.4 is 15.2 Å². The summed E-state index contributed by atoms with van der Waals surface area (Å²) in [6.45, 7) is 5.47. The van der Waals surface area contributed by atoms with Gasteiger partial charge in [-0.3, -0.25) is 24.1 Å². The molecule has 0 N–H and O–H groups in total. The molecule has 1 aliphatic rings. The van der Waals surface area contributed by atoms with Crippen LogP contribution in [0.2, 0.25) is 0 Å². The molecule has 0 unspecified atom stereocenters. The summed E-state index contributed by atoms with van der Waals surface area (Å²) >= 11 is 0. The van der Waals surface area contributed by atoms with Gasteiger partial charge in [-0.15, -0.1) is 0 Å². The summed E-state index contributed by atoms with van der Waals surface area (Å²) < 4.78 is 7.68. The number of aromatic nitrogens is 3. The zero-order chi connectivity index (χ0) is 22.8. The molecule has 0 aliphatic carbocycles. The van der Waals surface area contributed by atoms with Crippen molar-refractivity contribution in [1.82, 2.24) is 19.4 Å². The van der Waals surface area contributed by atoms with Gasteiger partial charge in [0.25, 0.3) is 5.56 Å². The molecule has 0 spiro atoms. The van der Waals surface area contributed by atoms with Gasteiger partial charge in [-0.1, -0.05) is 24.3 Å². The number of aryl methyl sites for hydroxylation is 1. The first-order valence-electron chi connectivity index (χ1n) is 10.9.